The van der Waals surface area contributed by atoms with Gasteiger partial charge in [-0.25, -0.2) is 0 Å². The summed E-state index contributed by atoms with van der Waals surface area (Å²) in [5.41, 5.74) is 2.03. The second kappa shape index (κ2) is 5.62. The molecule has 2 aromatic carbocycles. The van der Waals surface area contributed by atoms with Crippen molar-refractivity contribution in [1.29, 1.82) is 5.26 Å². The number of nitriles is 1. The van der Waals surface area contributed by atoms with Crippen molar-refractivity contribution < 1.29 is 0 Å². The molecule has 0 spiro atoms. The highest BCUT2D eigenvalue weighted by Gasteiger charge is 2.07. The van der Waals surface area contributed by atoms with Crippen molar-refractivity contribution in [3.8, 4) is 6.07 Å². The summed E-state index contributed by atoms with van der Waals surface area (Å²) in [6, 6.07) is 12.7. The number of para-hydroxylation sites is 1. The van der Waals surface area contributed by atoms with Crippen molar-refractivity contribution in [2.24, 2.45) is 0 Å². The van der Waals surface area contributed by atoms with Gasteiger partial charge in [0, 0.05) is 10.2 Å². The largest absolute Gasteiger partial charge is 0.353 e. The first kappa shape index (κ1) is 13.2. The topological polar surface area (TPSA) is 35.8 Å². The normalized spacial score (nSPS) is 9.89. The van der Waals surface area contributed by atoms with Crippen LogP contribution in [0.5, 0.6) is 0 Å². The van der Waals surface area contributed by atoms with Crippen molar-refractivity contribution >= 4 is 50.5 Å². The number of benzene rings is 2. The third-order valence-corrected chi connectivity index (χ3v) is 3.61. The van der Waals surface area contributed by atoms with Gasteiger partial charge in [-0.05, 0) is 46.3 Å². The molecule has 0 saturated carbocycles. The molecule has 0 aliphatic heterocycles. The molecule has 0 atom stereocenters. The van der Waals surface area contributed by atoms with Gasteiger partial charge in [-0.2, -0.15) is 5.26 Å². The molecule has 2 nitrogen and oxygen atoms in total. The summed E-state index contributed by atoms with van der Waals surface area (Å²) >= 11 is 15.5. The molecule has 0 saturated heterocycles. The van der Waals surface area contributed by atoms with E-state index in [1.165, 1.54) is 0 Å². The number of hydrogen-bond donors (Lipinski definition) is 1. The van der Waals surface area contributed by atoms with Crippen LogP contribution in [0.25, 0.3) is 0 Å². The van der Waals surface area contributed by atoms with Crippen LogP contribution < -0.4 is 5.32 Å². The van der Waals surface area contributed by atoms with Crippen LogP contribution in [0.1, 0.15) is 5.56 Å². The van der Waals surface area contributed by atoms with E-state index in [0.717, 1.165) is 10.2 Å². The van der Waals surface area contributed by atoms with Gasteiger partial charge in [0.25, 0.3) is 0 Å². The van der Waals surface area contributed by atoms with Gasteiger partial charge in [0.1, 0.15) is 6.07 Å². The number of hydrogen-bond acceptors (Lipinski definition) is 2. The predicted molar refractivity (Wildman–Crippen MR) is 78.6 cm³/mol. The molecule has 2 rings (SSSR count). The molecule has 0 amide bonds. The zero-order valence-electron chi connectivity index (χ0n) is 9.05. The Bertz CT molecular complexity index is 615. The van der Waals surface area contributed by atoms with Gasteiger partial charge in [-0.3, -0.25) is 0 Å². The third kappa shape index (κ3) is 2.78. The molecular formula is C13H7BrCl2N2. The molecule has 0 fully saturated rings. The van der Waals surface area contributed by atoms with E-state index < -0.39 is 0 Å². The smallest absolute Gasteiger partial charge is 0.100 e. The number of nitrogens with one attached hydrogen (secondary N) is 1. The molecule has 5 heteroatoms. The molecule has 0 heterocycles. The number of nitrogens with zero attached hydrogens (tertiary/aromatic N) is 1. The van der Waals surface area contributed by atoms with E-state index in [2.05, 4.69) is 27.3 Å². The SMILES string of the molecule is N#Cc1ccc(Nc2c(Cl)cccc2Cl)cc1Br. The maximum Gasteiger partial charge on any atom is 0.100 e. The van der Waals surface area contributed by atoms with Gasteiger partial charge < -0.3 is 5.32 Å². The number of anilines is 2. The Morgan fingerprint density at radius 3 is 2.33 bits per heavy atom. The first-order valence-corrected chi connectivity index (χ1v) is 6.57. The van der Waals surface area contributed by atoms with Gasteiger partial charge in [-0.15, -0.1) is 0 Å². The van der Waals surface area contributed by atoms with Crippen LogP contribution in [0.2, 0.25) is 10.0 Å². The Balaban J connectivity index is 2.35. The first-order chi connectivity index (χ1) is 8.61. The van der Waals surface area contributed by atoms with E-state index in [9.17, 15) is 0 Å². The second-order valence-electron chi connectivity index (χ2n) is 3.53. The van der Waals surface area contributed by atoms with Crippen LogP contribution in [0, 0.1) is 11.3 Å². The molecule has 0 aliphatic rings. The summed E-state index contributed by atoms with van der Waals surface area (Å²) in [6.07, 6.45) is 0. The molecule has 0 unspecified atom stereocenters. The Hall–Kier alpha value is -1.21. The summed E-state index contributed by atoms with van der Waals surface area (Å²) < 4.78 is 0.721. The molecule has 18 heavy (non-hydrogen) atoms. The zero-order chi connectivity index (χ0) is 13.1. The van der Waals surface area contributed by atoms with E-state index in [0.29, 0.717) is 21.3 Å². The lowest BCUT2D eigenvalue weighted by molar-refractivity contribution is 1.45. The third-order valence-electron chi connectivity index (χ3n) is 2.32. The average Bonchev–Trinajstić information content (AvgIpc) is 2.34. The zero-order valence-corrected chi connectivity index (χ0v) is 12.1. The highest BCUT2D eigenvalue weighted by Crippen LogP contribution is 2.33. The average molecular weight is 342 g/mol. The number of rotatable bonds is 2. The number of halogens is 3. The standard InChI is InChI=1S/C13H7BrCl2N2/c14-10-6-9(5-4-8(10)7-17)18-13-11(15)2-1-3-12(13)16/h1-6,18H. The monoisotopic (exact) mass is 340 g/mol. The molecule has 90 valence electrons. The van der Waals surface area contributed by atoms with E-state index in [1.54, 1.807) is 36.4 Å². The van der Waals surface area contributed by atoms with Gasteiger partial charge in [0.05, 0.1) is 21.3 Å². The molecular weight excluding hydrogens is 335 g/mol. The highest BCUT2D eigenvalue weighted by molar-refractivity contribution is 9.10. The van der Waals surface area contributed by atoms with Crippen LogP contribution in [-0.4, -0.2) is 0 Å². The molecule has 1 N–H and O–H groups in total. The highest BCUT2D eigenvalue weighted by atomic mass is 79.9. The molecule has 0 aliphatic carbocycles. The van der Waals surface area contributed by atoms with Crippen molar-refractivity contribution in [2.75, 3.05) is 5.32 Å². The summed E-state index contributed by atoms with van der Waals surface area (Å²) in [7, 11) is 0. The fraction of sp³-hybridized carbons (Fsp3) is 0. The van der Waals surface area contributed by atoms with Crippen molar-refractivity contribution in [2.45, 2.75) is 0 Å². The van der Waals surface area contributed by atoms with E-state index >= 15 is 0 Å². The quantitative estimate of drug-likeness (QED) is 0.796. The van der Waals surface area contributed by atoms with Gasteiger partial charge in [0.15, 0.2) is 0 Å². The van der Waals surface area contributed by atoms with Gasteiger partial charge >= 0.3 is 0 Å². The minimum Gasteiger partial charge on any atom is -0.353 e. The van der Waals surface area contributed by atoms with Crippen LogP contribution in [0.15, 0.2) is 40.9 Å². The fourth-order valence-electron chi connectivity index (χ4n) is 1.45. The van der Waals surface area contributed by atoms with Crippen LogP contribution in [-0.2, 0) is 0 Å². The first-order valence-electron chi connectivity index (χ1n) is 5.02. The van der Waals surface area contributed by atoms with Crippen LogP contribution in [0.4, 0.5) is 11.4 Å². The Kier molecular flexibility index (Phi) is 4.13. The van der Waals surface area contributed by atoms with Gasteiger partial charge in [-0.1, -0.05) is 29.3 Å². The predicted octanol–water partition coefficient (Wildman–Crippen LogP) is 5.37. The summed E-state index contributed by atoms with van der Waals surface area (Å²) in [5, 5.41) is 13.1. The maximum atomic E-state index is 8.84. The van der Waals surface area contributed by atoms with Gasteiger partial charge in [0.2, 0.25) is 0 Å². The van der Waals surface area contributed by atoms with E-state index in [-0.39, 0.29) is 0 Å². The second-order valence-corrected chi connectivity index (χ2v) is 5.20. The van der Waals surface area contributed by atoms with Crippen molar-refractivity contribution in [3.05, 3.63) is 56.5 Å². The summed E-state index contributed by atoms with van der Waals surface area (Å²) in [5.74, 6) is 0. The summed E-state index contributed by atoms with van der Waals surface area (Å²) in [6.45, 7) is 0. The Labute approximate surface area is 123 Å². The van der Waals surface area contributed by atoms with Crippen molar-refractivity contribution in [1.82, 2.24) is 0 Å². The van der Waals surface area contributed by atoms with Crippen LogP contribution >= 0.6 is 39.1 Å². The maximum absolute atomic E-state index is 8.84. The lowest BCUT2D eigenvalue weighted by atomic mass is 10.2. The van der Waals surface area contributed by atoms with E-state index in [1.807, 2.05) is 0 Å². The molecule has 0 bridgehead atoms. The summed E-state index contributed by atoms with van der Waals surface area (Å²) in [4.78, 5) is 0. The van der Waals surface area contributed by atoms with E-state index in [4.69, 9.17) is 28.5 Å². The minimum atomic E-state index is 0.544. The molecule has 0 aromatic heterocycles. The Morgan fingerprint density at radius 2 is 1.78 bits per heavy atom. The fourth-order valence-corrected chi connectivity index (χ4v) is 2.40. The molecule has 0 radical (unpaired) electrons. The Morgan fingerprint density at radius 1 is 1.11 bits per heavy atom. The van der Waals surface area contributed by atoms with Crippen molar-refractivity contribution in [3.63, 3.8) is 0 Å². The minimum absolute atomic E-state index is 0.544. The van der Waals surface area contributed by atoms with Crippen LogP contribution in [0.3, 0.4) is 0 Å². The lowest BCUT2D eigenvalue weighted by Gasteiger charge is -2.10. The lowest BCUT2D eigenvalue weighted by Crippen LogP contribution is -1.93. The molecule has 2 aromatic rings.